The first-order chi connectivity index (χ1) is 10.8. The van der Waals surface area contributed by atoms with E-state index in [9.17, 15) is 13.2 Å². The van der Waals surface area contributed by atoms with Crippen LogP contribution in [0.25, 0.3) is 0 Å². The number of nitrogens with one attached hydrogen (secondary N) is 1. The molecule has 1 saturated heterocycles. The Morgan fingerprint density at radius 2 is 1.91 bits per heavy atom. The number of likely N-dealkylation sites (tertiary alicyclic amines) is 1. The Kier molecular flexibility index (Phi) is 6.21. The van der Waals surface area contributed by atoms with Crippen molar-refractivity contribution in [2.24, 2.45) is 11.8 Å². The Morgan fingerprint density at radius 3 is 2.43 bits per heavy atom. The molecule has 0 unspecified atom stereocenters. The normalized spacial score (nSPS) is 17.7. The minimum absolute atomic E-state index is 0.403. The largest absolute Gasteiger partial charge is 0.435 e. The van der Waals surface area contributed by atoms with Crippen molar-refractivity contribution in [3.63, 3.8) is 0 Å². The van der Waals surface area contributed by atoms with Crippen molar-refractivity contribution in [2.75, 3.05) is 31.5 Å². The number of halogens is 3. The molecule has 130 valence electrons. The molecule has 0 radical (unpaired) electrons. The van der Waals surface area contributed by atoms with Crippen LogP contribution in [0.2, 0.25) is 0 Å². The lowest BCUT2D eigenvalue weighted by Gasteiger charge is -2.32. The molecule has 4 nitrogen and oxygen atoms in total. The molecule has 0 bridgehead atoms. The molecule has 7 heteroatoms. The topological polar surface area (TPSA) is 41.0 Å². The molecule has 1 aromatic heterocycles. The van der Waals surface area contributed by atoms with Crippen LogP contribution in [0.15, 0.2) is 12.1 Å². The average Bonchev–Trinajstić information content (AvgIpc) is 2.51. The van der Waals surface area contributed by atoms with Gasteiger partial charge in [0.1, 0.15) is 5.82 Å². The van der Waals surface area contributed by atoms with Crippen molar-refractivity contribution in [1.29, 1.82) is 0 Å². The van der Waals surface area contributed by atoms with Gasteiger partial charge in [-0.2, -0.15) is 13.2 Å². The number of piperidine rings is 1. The predicted molar refractivity (Wildman–Crippen MR) is 84.1 cm³/mol. The third-order valence-corrected chi connectivity index (χ3v) is 4.26. The molecule has 2 heterocycles. The number of aromatic nitrogens is 2. The van der Waals surface area contributed by atoms with Gasteiger partial charge in [0.15, 0.2) is 5.69 Å². The Hall–Kier alpha value is -1.37. The number of hydrogen-bond donors (Lipinski definition) is 1. The van der Waals surface area contributed by atoms with Crippen LogP contribution >= 0.6 is 0 Å². The molecule has 1 aromatic rings. The maximum atomic E-state index is 12.4. The van der Waals surface area contributed by atoms with Crippen LogP contribution in [0, 0.1) is 11.8 Å². The summed E-state index contributed by atoms with van der Waals surface area (Å²) in [7, 11) is 0. The Balaban J connectivity index is 1.71. The zero-order chi connectivity index (χ0) is 16.9. The monoisotopic (exact) mass is 330 g/mol. The molecule has 0 spiro atoms. The van der Waals surface area contributed by atoms with Gasteiger partial charge in [0.05, 0.1) is 0 Å². The number of alkyl halides is 3. The zero-order valence-corrected chi connectivity index (χ0v) is 13.7. The van der Waals surface area contributed by atoms with Crippen LogP contribution in [0.4, 0.5) is 19.0 Å². The molecule has 1 aliphatic heterocycles. The number of hydrogen-bond acceptors (Lipinski definition) is 4. The van der Waals surface area contributed by atoms with E-state index in [0.717, 1.165) is 51.0 Å². The second-order valence-corrected chi connectivity index (χ2v) is 6.65. The Bertz CT molecular complexity index is 465. The van der Waals surface area contributed by atoms with Gasteiger partial charge < -0.3 is 10.2 Å². The third kappa shape index (κ3) is 5.97. The molecule has 1 fully saturated rings. The van der Waals surface area contributed by atoms with E-state index in [1.54, 1.807) is 0 Å². The van der Waals surface area contributed by atoms with E-state index in [2.05, 4.69) is 34.3 Å². The predicted octanol–water partition coefficient (Wildman–Crippen LogP) is 3.67. The van der Waals surface area contributed by atoms with Crippen molar-refractivity contribution < 1.29 is 13.2 Å². The van der Waals surface area contributed by atoms with Gasteiger partial charge in [-0.25, -0.2) is 0 Å². The van der Waals surface area contributed by atoms with E-state index in [4.69, 9.17) is 0 Å². The van der Waals surface area contributed by atoms with Crippen molar-refractivity contribution in [2.45, 2.75) is 39.3 Å². The molecule has 1 N–H and O–H groups in total. The highest BCUT2D eigenvalue weighted by Gasteiger charge is 2.32. The van der Waals surface area contributed by atoms with Crippen LogP contribution in [-0.2, 0) is 6.18 Å². The second-order valence-electron chi connectivity index (χ2n) is 6.65. The van der Waals surface area contributed by atoms with Crippen molar-refractivity contribution in [3.8, 4) is 0 Å². The molecule has 0 amide bonds. The van der Waals surface area contributed by atoms with Crippen molar-refractivity contribution in [1.82, 2.24) is 15.1 Å². The van der Waals surface area contributed by atoms with Crippen LogP contribution in [0.3, 0.4) is 0 Å². The summed E-state index contributed by atoms with van der Waals surface area (Å²) in [5.41, 5.74) is -0.957. The van der Waals surface area contributed by atoms with E-state index in [-0.39, 0.29) is 0 Å². The molecule has 0 saturated carbocycles. The quantitative estimate of drug-likeness (QED) is 0.864. The van der Waals surface area contributed by atoms with Gasteiger partial charge in [0.25, 0.3) is 0 Å². The summed E-state index contributed by atoms with van der Waals surface area (Å²) in [4.78, 5) is 2.49. The van der Waals surface area contributed by atoms with Crippen LogP contribution in [0.1, 0.15) is 38.8 Å². The SMILES string of the molecule is CC(C)CCN1CCC(CNc2ccc(C(F)(F)F)nn2)CC1. The lowest BCUT2D eigenvalue weighted by molar-refractivity contribution is -0.141. The van der Waals surface area contributed by atoms with Crippen LogP contribution in [0.5, 0.6) is 0 Å². The lowest BCUT2D eigenvalue weighted by atomic mass is 9.96. The Morgan fingerprint density at radius 1 is 1.22 bits per heavy atom. The summed E-state index contributed by atoms with van der Waals surface area (Å²) in [6, 6.07) is 2.30. The van der Waals surface area contributed by atoms with Gasteiger partial charge in [-0.3, -0.25) is 0 Å². The minimum Gasteiger partial charge on any atom is -0.368 e. The highest BCUT2D eigenvalue weighted by atomic mass is 19.4. The van der Waals surface area contributed by atoms with E-state index >= 15 is 0 Å². The summed E-state index contributed by atoms with van der Waals surface area (Å²) >= 11 is 0. The fourth-order valence-corrected chi connectivity index (χ4v) is 2.68. The highest BCUT2D eigenvalue weighted by Crippen LogP contribution is 2.27. The van der Waals surface area contributed by atoms with Gasteiger partial charge in [0.2, 0.25) is 0 Å². The van der Waals surface area contributed by atoms with E-state index < -0.39 is 11.9 Å². The maximum Gasteiger partial charge on any atom is 0.435 e. The summed E-state index contributed by atoms with van der Waals surface area (Å²) < 4.78 is 37.3. The van der Waals surface area contributed by atoms with Gasteiger partial charge in [-0.05, 0) is 62.9 Å². The van der Waals surface area contributed by atoms with E-state index in [1.807, 2.05) is 0 Å². The molecule has 0 aliphatic carbocycles. The average molecular weight is 330 g/mol. The zero-order valence-electron chi connectivity index (χ0n) is 13.7. The van der Waals surface area contributed by atoms with Gasteiger partial charge in [-0.1, -0.05) is 13.8 Å². The molecule has 0 atom stereocenters. The summed E-state index contributed by atoms with van der Waals surface area (Å²) in [5, 5.41) is 9.92. The van der Waals surface area contributed by atoms with E-state index in [0.29, 0.717) is 11.7 Å². The van der Waals surface area contributed by atoms with Crippen LogP contribution < -0.4 is 5.32 Å². The third-order valence-electron chi connectivity index (χ3n) is 4.26. The second kappa shape index (κ2) is 7.95. The molecule has 23 heavy (non-hydrogen) atoms. The minimum atomic E-state index is -4.44. The molecule has 0 aromatic carbocycles. The van der Waals surface area contributed by atoms with Crippen molar-refractivity contribution in [3.05, 3.63) is 17.8 Å². The molecule has 1 aliphatic rings. The first kappa shape index (κ1) is 18.0. The summed E-state index contributed by atoms with van der Waals surface area (Å²) in [5.74, 6) is 1.67. The van der Waals surface area contributed by atoms with Gasteiger partial charge >= 0.3 is 6.18 Å². The number of anilines is 1. The smallest absolute Gasteiger partial charge is 0.368 e. The van der Waals surface area contributed by atoms with Gasteiger partial charge in [-0.15, -0.1) is 10.2 Å². The lowest BCUT2D eigenvalue weighted by Crippen LogP contribution is -2.36. The molecule has 2 rings (SSSR count). The molecular formula is C16H25F3N4. The fraction of sp³-hybridized carbons (Fsp3) is 0.750. The number of rotatable bonds is 6. The highest BCUT2D eigenvalue weighted by molar-refractivity contribution is 5.33. The van der Waals surface area contributed by atoms with E-state index in [1.165, 1.54) is 12.5 Å². The summed E-state index contributed by atoms with van der Waals surface area (Å²) in [6.45, 7) is 8.55. The Labute approximate surface area is 135 Å². The molecular weight excluding hydrogens is 305 g/mol. The first-order valence-electron chi connectivity index (χ1n) is 8.21. The summed E-state index contributed by atoms with van der Waals surface area (Å²) in [6.07, 6.45) is -0.989. The number of nitrogens with zero attached hydrogens (tertiary/aromatic N) is 3. The first-order valence-corrected chi connectivity index (χ1v) is 8.21. The standard InChI is InChI=1S/C16H25F3N4/c1-12(2)5-8-23-9-6-13(7-10-23)11-20-15-4-3-14(21-22-15)16(17,18)19/h3-4,12-13H,5-11H2,1-2H3,(H,20,22). The van der Waals surface area contributed by atoms with Gasteiger partial charge in [0, 0.05) is 6.54 Å². The van der Waals surface area contributed by atoms with Crippen molar-refractivity contribution >= 4 is 5.82 Å². The fourth-order valence-electron chi connectivity index (χ4n) is 2.68. The van der Waals surface area contributed by atoms with Crippen LogP contribution in [-0.4, -0.2) is 41.3 Å². The maximum absolute atomic E-state index is 12.4.